The molecule has 5 rings (SSSR count). The van der Waals surface area contributed by atoms with E-state index in [1.54, 1.807) is 24.3 Å². The van der Waals surface area contributed by atoms with Crippen LogP contribution in [-0.4, -0.2) is 43.9 Å². The topological polar surface area (TPSA) is 105 Å². The van der Waals surface area contributed by atoms with Gasteiger partial charge in [0, 0.05) is 17.5 Å². The van der Waals surface area contributed by atoms with E-state index in [9.17, 15) is 9.90 Å². The Hall–Kier alpha value is -3.46. The van der Waals surface area contributed by atoms with Crippen LogP contribution in [0.2, 0.25) is 0 Å². The smallest absolute Gasteiger partial charge is 0.340 e. The second kappa shape index (κ2) is 7.30. The number of aliphatic hydroxyl groups is 1. The predicted octanol–water partition coefficient (Wildman–Crippen LogP) is 3.06. The summed E-state index contributed by atoms with van der Waals surface area (Å²) in [6.07, 6.45) is -1.03. The lowest BCUT2D eigenvalue weighted by atomic mass is 9.73. The van der Waals surface area contributed by atoms with E-state index >= 15 is 0 Å². The van der Waals surface area contributed by atoms with Gasteiger partial charge in [-0.1, -0.05) is 5.16 Å². The molecule has 0 amide bonds. The van der Waals surface area contributed by atoms with Crippen molar-refractivity contribution in [2.24, 2.45) is 5.16 Å². The van der Waals surface area contributed by atoms with Crippen molar-refractivity contribution in [3.63, 3.8) is 0 Å². The van der Waals surface area contributed by atoms with E-state index in [2.05, 4.69) is 5.16 Å². The normalized spacial score (nSPS) is 23.9. The third-order valence-corrected chi connectivity index (χ3v) is 5.79. The zero-order valence-electron chi connectivity index (χ0n) is 18.1. The third-order valence-electron chi connectivity index (χ3n) is 5.79. The first-order chi connectivity index (χ1) is 15.4. The molecule has 2 aliphatic heterocycles. The number of carbonyl (C=O) groups excluding carboxylic acids is 1. The molecule has 0 bridgehead atoms. The van der Waals surface area contributed by atoms with Crippen molar-refractivity contribution in [1.82, 2.24) is 0 Å². The first-order valence-electron chi connectivity index (χ1n) is 10.2. The van der Waals surface area contributed by atoms with Crippen LogP contribution in [0, 0.1) is 0 Å². The Morgan fingerprint density at radius 2 is 1.84 bits per heavy atom. The van der Waals surface area contributed by atoms with Crippen LogP contribution in [0.5, 0.6) is 23.0 Å². The van der Waals surface area contributed by atoms with E-state index in [1.165, 1.54) is 14.2 Å². The number of rotatable bonds is 4. The number of fused-ring (bicyclic) bond motifs is 4. The Bertz CT molecular complexity index is 1140. The molecule has 168 valence electrons. The van der Waals surface area contributed by atoms with Gasteiger partial charge in [-0.15, -0.1) is 0 Å². The molecule has 9 heteroatoms. The molecule has 2 heterocycles. The lowest BCUT2D eigenvalue weighted by molar-refractivity contribution is -0.00473. The quantitative estimate of drug-likeness (QED) is 0.570. The lowest BCUT2D eigenvalue weighted by Crippen LogP contribution is -2.42. The third kappa shape index (κ3) is 2.88. The minimum Gasteiger partial charge on any atom is -0.493 e. The Morgan fingerprint density at radius 1 is 1.09 bits per heavy atom. The van der Waals surface area contributed by atoms with Crippen molar-refractivity contribution >= 4 is 11.7 Å². The average Bonchev–Trinajstić information content (AvgIpc) is 3.31. The van der Waals surface area contributed by atoms with Crippen molar-refractivity contribution in [2.75, 3.05) is 21.0 Å². The summed E-state index contributed by atoms with van der Waals surface area (Å²) in [5, 5.41) is 15.3. The zero-order valence-corrected chi connectivity index (χ0v) is 18.1. The van der Waals surface area contributed by atoms with E-state index in [0.717, 1.165) is 0 Å². The molecule has 0 fully saturated rings. The van der Waals surface area contributed by atoms with Crippen LogP contribution in [0.25, 0.3) is 0 Å². The molecule has 3 aliphatic rings. The van der Waals surface area contributed by atoms with Crippen LogP contribution >= 0.6 is 0 Å². The SMILES string of the molecule is CO/N=C1\c2cc3c(cc2C(O)CC12OC(=O)c1cc(OC)c(OC(C)C)cc12)OCO3. The van der Waals surface area contributed by atoms with Crippen molar-refractivity contribution in [3.05, 3.63) is 46.5 Å². The van der Waals surface area contributed by atoms with Gasteiger partial charge in [-0.25, -0.2) is 4.79 Å². The standard InChI is InChI=1S/C23H23NO8/c1-11(2)31-20-8-15-14(7-17(20)27-3)22(26)32-23(15)9-16(25)12-5-18-19(30-10-29-18)6-13(12)21(23)24-28-4/h5-8,11,16,25H,9-10H2,1-4H3/b24-21+. The van der Waals surface area contributed by atoms with Crippen LogP contribution in [0.4, 0.5) is 0 Å². The van der Waals surface area contributed by atoms with Gasteiger partial charge in [-0.05, 0) is 43.7 Å². The lowest BCUT2D eigenvalue weighted by Gasteiger charge is -2.37. The summed E-state index contributed by atoms with van der Waals surface area (Å²) >= 11 is 0. The maximum Gasteiger partial charge on any atom is 0.340 e. The van der Waals surface area contributed by atoms with Crippen molar-refractivity contribution in [1.29, 1.82) is 0 Å². The zero-order chi connectivity index (χ0) is 22.6. The van der Waals surface area contributed by atoms with Crippen LogP contribution < -0.4 is 18.9 Å². The van der Waals surface area contributed by atoms with Crippen LogP contribution in [-0.2, 0) is 15.2 Å². The molecule has 2 aromatic rings. The molecule has 2 aromatic carbocycles. The molecule has 2 atom stereocenters. The number of methoxy groups -OCH3 is 1. The van der Waals surface area contributed by atoms with E-state index < -0.39 is 17.7 Å². The molecule has 1 N–H and O–H groups in total. The second-order valence-electron chi connectivity index (χ2n) is 8.07. The summed E-state index contributed by atoms with van der Waals surface area (Å²) in [5.74, 6) is 1.38. The molecule has 32 heavy (non-hydrogen) atoms. The van der Waals surface area contributed by atoms with Gasteiger partial charge in [-0.3, -0.25) is 0 Å². The van der Waals surface area contributed by atoms with Gasteiger partial charge in [0.1, 0.15) is 12.8 Å². The van der Waals surface area contributed by atoms with Gasteiger partial charge < -0.3 is 33.6 Å². The number of hydrogen-bond donors (Lipinski definition) is 1. The molecular weight excluding hydrogens is 418 g/mol. The van der Waals surface area contributed by atoms with Gasteiger partial charge in [0.25, 0.3) is 0 Å². The molecule has 9 nitrogen and oxygen atoms in total. The predicted molar refractivity (Wildman–Crippen MR) is 112 cm³/mol. The van der Waals surface area contributed by atoms with E-state index in [0.29, 0.717) is 51.0 Å². The minimum absolute atomic E-state index is 0.0496. The maximum atomic E-state index is 13.0. The highest BCUT2D eigenvalue weighted by atomic mass is 16.7. The number of carbonyl (C=O) groups is 1. The Morgan fingerprint density at radius 3 is 2.53 bits per heavy atom. The summed E-state index contributed by atoms with van der Waals surface area (Å²) in [6.45, 7) is 3.88. The molecule has 0 aromatic heterocycles. The summed E-state index contributed by atoms with van der Waals surface area (Å²) in [6, 6.07) is 6.75. The van der Waals surface area contributed by atoms with E-state index in [1.807, 2.05) is 13.8 Å². The Labute approximate surface area is 184 Å². The highest BCUT2D eigenvalue weighted by Gasteiger charge is 2.56. The minimum atomic E-state index is -1.37. The number of oxime groups is 1. The fraction of sp³-hybridized carbons (Fsp3) is 0.391. The summed E-state index contributed by atoms with van der Waals surface area (Å²) in [7, 11) is 2.92. The fourth-order valence-corrected chi connectivity index (χ4v) is 4.51. The molecule has 1 spiro atoms. The van der Waals surface area contributed by atoms with Crippen molar-refractivity contribution < 1.29 is 38.4 Å². The molecule has 0 saturated carbocycles. The van der Waals surface area contributed by atoms with Gasteiger partial charge in [0.15, 0.2) is 28.6 Å². The van der Waals surface area contributed by atoms with Gasteiger partial charge in [-0.2, -0.15) is 0 Å². The van der Waals surface area contributed by atoms with Crippen molar-refractivity contribution in [2.45, 2.75) is 38.1 Å². The maximum absolute atomic E-state index is 13.0. The van der Waals surface area contributed by atoms with E-state index in [-0.39, 0.29) is 19.3 Å². The number of nitrogens with zero attached hydrogens (tertiary/aromatic N) is 1. The largest absolute Gasteiger partial charge is 0.493 e. The van der Waals surface area contributed by atoms with Crippen LogP contribution in [0.1, 0.15) is 53.4 Å². The van der Waals surface area contributed by atoms with E-state index in [4.69, 9.17) is 28.5 Å². The van der Waals surface area contributed by atoms with Gasteiger partial charge in [0.05, 0.1) is 24.9 Å². The van der Waals surface area contributed by atoms with Crippen LogP contribution in [0.15, 0.2) is 29.4 Å². The number of ether oxygens (including phenoxy) is 5. The fourth-order valence-electron chi connectivity index (χ4n) is 4.51. The summed E-state index contributed by atoms with van der Waals surface area (Å²) in [4.78, 5) is 18.1. The number of esters is 1. The first-order valence-corrected chi connectivity index (χ1v) is 10.2. The molecule has 1 aliphatic carbocycles. The molecule has 0 saturated heterocycles. The molecule has 0 radical (unpaired) electrons. The van der Waals surface area contributed by atoms with Crippen molar-refractivity contribution in [3.8, 4) is 23.0 Å². The van der Waals surface area contributed by atoms with Gasteiger partial charge >= 0.3 is 5.97 Å². The highest BCUT2D eigenvalue weighted by Crippen LogP contribution is 2.53. The summed E-state index contributed by atoms with van der Waals surface area (Å²) < 4.78 is 28.3. The first kappa shape index (κ1) is 20.4. The van der Waals surface area contributed by atoms with Crippen LogP contribution in [0.3, 0.4) is 0 Å². The Kier molecular flexibility index (Phi) is 4.67. The Balaban J connectivity index is 1.74. The number of hydrogen-bond acceptors (Lipinski definition) is 9. The molecular formula is C23H23NO8. The second-order valence-corrected chi connectivity index (χ2v) is 8.07. The average molecular weight is 441 g/mol. The summed E-state index contributed by atoms with van der Waals surface area (Å²) in [5.41, 5.74) is 0.968. The highest BCUT2D eigenvalue weighted by molar-refractivity contribution is 6.14. The number of aliphatic hydroxyl groups excluding tert-OH is 1. The number of benzene rings is 2. The van der Waals surface area contributed by atoms with Gasteiger partial charge in [0.2, 0.25) is 6.79 Å². The monoisotopic (exact) mass is 441 g/mol. The molecule has 2 unspecified atom stereocenters.